The topological polar surface area (TPSA) is 17.1 Å². The maximum Gasteiger partial charge on any atom is 0.123 e. The first-order valence-electron chi connectivity index (χ1n) is 7.91. The minimum atomic E-state index is 0.261. The van der Waals surface area contributed by atoms with Crippen LogP contribution in [-0.2, 0) is 4.79 Å². The zero-order chi connectivity index (χ0) is 15.3. The van der Waals surface area contributed by atoms with Gasteiger partial charge in [0.05, 0.1) is 0 Å². The van der Waals surface area contributed by atoms with Crippen molar-refractivity contribution in [3.05, 3.63) is 23.3 Å². The van der Waals surface area contributed by atoms with E-state index in [-0.39, 0.29) is 5.92 Å². The molecule has 1 aliphatic carbocycles. The van der Waals surface area contributed by atoms with Crippen LogP contribution in [0.15, 0.2) is 23.3 Å². The van der Waals surface area contributed by atoms with E-state index >= 15 is 0 Å². The van der Waals surface area contributed by atoms with E-state index in [0.29, 0.717) is 5.92 Å². The van der Waals surface area contributed by atoms with Gasteiger partial charge < -0.3 is 4.79 Å². The van der Waals surface area contributed by atoms with Crippen molar-refractivity contribution in [3.63, 3.8) is 0 Å². The number of hydrogen-bond donors (Lipinski definition) is 0. The molecular weight excluding hydrogens is 232 g/mol. The molecule has 0 radical (unpaired) electrons. The Bertz CT molecular complexity index is 269. The molecule has 112 valence electrons. The van der Waals surface area contributed by atoms with Crippen LogP contribution < -0.4 is 0 Å². The van der Waals surface area contributed by atoms with Crippen LogP contribution in [-0.4, -0.2) is 6.29 Å². The molecule has 2 atom stereocenters. The molecular formula is C18H34O. The van der Waals surface area contributed by atoms with Gasteiger partial charge in [-0.3, -0.25) is 0 Å². The molecule has 0 heterocycles. The van der Waals surface area contributed by atoms with Crippen LogP contribution in [0.2, 0.25) is 0 Å². The minimum absolute atomic E-state index is 0.261. The van der Waals surface area contributed by atoms with E-state index < -0.39 is 0 Å². The Kier molecular flexibility index (Phi) is 14.6. The van der Waals surface area contributed by atoms with E-state index in [1.807, 2.05) is 27.7 Å². The van der Waals surface area contributed by atoms with Crippen molar-refractivity contribution in [2.24, 2.45) is 11.8 Å². The summed E-state index contributed by atoms with van der Waals surface area (Å²) in [6.45, 7) is 14.4. The van der Waals surface area contributed by atoms with Gasteiger partial charge in [-0.2, -0.15) is 0 Å². The summed E-state index contributed by atoms with van der Waals surface area (Å²) in [4.78, 5) is 10.7. The van der Waals surface area contributed by atoms with Gasteiger partial charge in [0, 0.05) is 5.92 Å². The van der Waals surface area contributed by atoms with Crippen LogP contribution >= 0.6 is 0 Å². The van der Waals surface area contributed by atoms with Gasteiger partial charge in [-0.15, -0.1) is 0 Å². The van der Waals surface area contributed by atoms with E-state index in [0.717, 1.165) is 25.5 Å². The summed E-state index contributed by atoms with van der Waals surface area (Å²) in [5, 5.41) is 0. The molecule has 19 heavy (non-hydrogen) atoms. The predicted molar refractivity (Wildman–Crippen MR) is 87.4 cm³/mol. The second-order valence-electron chi connectivity index (χ2n) is 4.84. The van der Waals surface area contributed by atoms with Gasteiger partial charge in [0.2, 0.25) is 0 Å². The van der Waals surface area contributed by atoms with Crippen molar-refractivity contribution in [3.8, 4) is 0 Å². The standard InChI is InChI=1S/C14H22O.2C2H6/c1-11(2)5-4-6-13-7-8-14(10-15)12(3)9-13;2*1-2/h5,9-10,12,14H,4,6-8H2,1-3H3;2*1-2H3. The van der Waals surface area contributed by atoms with Crippen LogP contribution in [0.4, 0.5) is 0 Å². The van der Waals surface area contributed by atoms with Crippen molar-refractivity contribution in [2.45, 2.75) is 74.1 Å². The third-order valence-electron chi connectivity index (χ3n) is 3.17. The first-order valence-corrected chi connectivity index (χ1v) is 7.91. The summed E-state index contributed by atoms with van der Waals surface area (Å²) < 4.78 is 0. The van der Waals surface area contributed by atoms with Crippen LogP contribution in [0, 0.1) is 11.8 Å². The van der Waals surface area contributed by atoms with Gasteiger partial charge in [0.15, 0.2) is 0 Å². The Morgan fingerprint density at radius 3 is 2.26 bits per heavy atom. The smallest absolute Gasteiger partial charge is 0.123 e. The van der Waals surface area contributed by atoms with Crippen LogP contribution in [0.25, 0.3) is 0 Å². The summed E-state index contributed by atoms with van der Waals surface area (Å²) >= 11 is 0. The van der Waals surface area contributed by atoms with E-state index in [1.165, 1.54) is 17.6 Å². The van der Waals surface area contributed by atoms with Gasteiger partial charge in [-0.25, -0.2) is 0 Å². The molecule has 1 aliphatic rings. The maximum atomic E-state index is 10.7. The lowest BCUT2D eigenvalue weighted by Crippen LogP contribution is -2.16. The quantitative estimate of drug-likeness (QED) is 0.453. The Morgan fingerprint density at radius 1 is 1.26 bits per heavy atom. The third kappa shape index (κ3) is 9.69. The van der Waals surface area contributed by atoms with Gasteiger partial charge in [-0.05, 0) is 45.4 Å². The molecule has 0 aliphatic heterocycles. The second kappa shape index (κ2) is 13.6. The van der Waals surface area contributed by atoms with Crippen molar-refractivity contribution in [2.75, 3.05) is 0 Å². The maximum absolute atomic E-state index is 10.7. The van der Waals surface area contributed by atoms with Gasteiger partial charge in [0.25, 0.3) is 0 Å². The molecule has 0 spiro atoms. The molecule has 0 saturated carbocycles. The fourth-order valence-corrected chi connectivity index (χ4v) is 2.14. The van der Waals surface area contributed by atoms with E-state index in [9.17, 15) is 4.79 Å². The van der Waals surface area contributed by atoms with Crippen LogP contribution in [0.1, 0.15) is 74.1 Å². The Hall–Kier alpha value is -0.850. The Labute approximate surface area is 121 Å². The highest BCUT2D eigenvalue weighted by Crippen LogP contribution is 2.29. The summed E-state index contributed by atoms with van der Waals surface area (Å²) in [5.74, 6) is 0.704. The van der Waals surface area contributed by atoms with Gasteiger partial charge in [0.1, 0.15) is 6.29 Å². The summed E-state index contributed by atoms with van der Waals surface area (Å²) in [6.07, 6.45) is 10.2. The predicted octanol–water partition coefficient (Wildman–Crippen LogP) is 5.96. The molecule has 0 fully saturated rings. The molecule has 1 rings (SSSR count). The monoisotopic (exact) mass is 266 g/mol. The Balaban J connectivity index is 0. The average molecular weight is 266 g/mol. The number of rotatable bonds is 4. The van der Waals surface area contributed by atoms with Gasteiger partial charge >= 0.3 is 0 Å². The first kappa shape index (κ1) is 20.5. The van der Waals surface area contributed by atoms with Crippen LogP contribution in [0.5, 0.6) is 0 Å². The Morgan fingerprint density at radius 2 is 1.84 bits per heavy atom. The minimum Gasteiger partial charge on any atom is -0.303 e. The molecule has 0 aromatic rings. The fraction of sp³-hybridized carbons (Fsp3) is 0.722. The lowest BCUT2D eigenvalue weighted by atomic mass is 9.81. The highest BCUT2D eigenvalue weighted by atomic mass is 16.1. The molecule has 0 bridgehead atoms. The van der Waals surface area contributed by atoms with Crippen molar-refractivity contribution < 1.29 is 4.79 Å². The van der Waals surface area contributed by atoms with E-state index in [2.05, 4.69) is 32.9 Å². The molecule has 0 aromatic carbocycles. The number of carbonyl (C=O) groups is 1. The van der Waals surface area contributed by atoms with Crippen molar-refractivity contribution in [1.29, 1.82) is 0 Å². The number of aldehydes is 1. The number of carbonyl (C=O) groups excluding carboxylic acids is 1. The number of allylic oxidation sites excluding steroid dienone is 4. The van der Waals surface area contributed by atoms with E-state index in [1.54, 1.807) is 0 Å². The molecule has 1 nitrogen and oxygen atoms in total. The summed E-state index contributed by atoms with van der Waals surface area (Å²) in [6, 6.07) is 0. The fourth-order valence-electron chi connectivity index (χ4n) is 2.14. The SMILES string of the molecule is CC.CC.CC(C)=CCCC1=CC(C)C(C=O)CC1. The molecule has 0 saturated heterocycles. The molecule has 0 aromatic heterocycles. The average Bonchev–Trinajstić information content (AvgIpc) is 2.43. The van der Waals surface area contributed by atoms with E-state index in [4.69, 9.17) is 0 Å². The first-order chi connectivity index (χ1) is 9.13. The molecule has 1 heteroatoms. The molecule has 0 N–H and O–H groups in total. The summed E-state index contributed by atoms with van der Waals surface area (Å²) in [5.41, 5.74) is 2.93. The second-order valence-corrected chi connectivity index (χ2v) is 4.84. The zero-order valence-electron chi connectivity index (χ0n) is 14.1. The van der Waals surface area contributed by atoms with Crippen LogP contribution in [0.3, 0.4) is 0 Å². The van der Waals surface area contributed by atoms with Gasteiger partial charge in [-0.1, -0.05) is 57.9 Å². The zero-order valence-corrected chi connectivity index (χ0v) is 14.1. The third-order valence-corrected chi connectivity index (χ3v) is 3.17. The lowest BCUT2D eigenvalue weighted by molar-refractivity contribution is -0.112. The normalized spacial score (nSPS) is 20.9. The largest absolute Gasteiger partial charge is 0.303 e. The molecule has 2 unspecified atom stereocenters. The highest BCUT2D eigenvalue weighted by molar-refractivity contribution is 5.55. The summed E-state index contributed by atoms with van der Waals surface area (Å²) in [7, 11) is 0. The van der Waals surface area contributed by atoms with Crippen molar-refractivity contribution >= 4 is 6.29 Å². The lowest BCUT2D eigenvalue weighted by Gasteiger charge is -2.23. The highest BCUT2D eigenvalue weighted by Gasteiger charge is 2.19. The van der Waals surface area contributed by atoms with Crippen molar-refractivity contribution in [1.82, 2.24) is 0 Å². The molecule has 0 amide bonds. The number of hydrogen-bond acceptors (Lipinski definition) is 1.